The molecule has 0 aliphatic carbocycles. The van der Waals surface area contributed by atoms with Crippen molar-refractivity contribution >= 4 is 28.5 Å². The summed E-state index contributed by atoms with van der Waals surface area (Å²) in [6.45, 7) is 7.22. The van der Waals surface area contributed by atoms with E-state index >= 15 is 0 Å². The van der Waals surface area contributed by atoms with Gasteiger partial charge in [0.2, 0.25) is 0 Å². The Bertz CT molecular complexity index is 604. The lowest BCUT2D eigenvalue weighted by molar-refractivity contribution is 0.715. The van der Waals surface area contributed by atoms with Crippen LogP contribution in [0.3, 0.4) is 0 Å². The van der Waals surface area contributed by atoms with Crippen molar-refractivity contribution < 1.29 is 0 Å². The SMILES string of the molecule is CC1CN(c2nc3ccccc3cc2CN)CC(C)S1. The Hall–Kier alpha value is -1.26. The molecule has 1 aliphatic heterocycles. The maximum atomic E-state index is 5.95. The Kier molecular flexibility index (Phi) is 3.85. The number of nitrogens with two attached hydrogens (primary N) is 1. The van der Waals surface area contributed by atoms with Crippen molar-refractivity contribution in [3.63, 3.8) is 0 Å². The van der Waals surface area contributed by atoms with Crippen LogP contribution in [0.4, 0.5) is 5.82 Å². The Labute approximate surface area is 124 Å². The Balaban J connectivity index is 2.04. The predicted octanol–water partition coefficient (Wildman–Crippen LogP) is 3.02. The summed E-state index contributed by atoms with van der Waals surface area (Å²) in [4.78, 5) is 7.28. The second kappa shape index (κ2) is 5.62. The molecule has 2 aromatic rings. The van der Waals surface area contributed by atoms with Gasteiger partial charge in [0.25, 0.3) is 0 Å². The molecule has 3 rings (SSSR count). The summed E-state index contributed by atoms with van der Waals surface area (Å²) >= 11 is 2.06. The summed E-state index contributed by atoms with van der Waals surface area (Å²) in [5, 5.41) is 2.44. The largest absolute Gasteiger partial charge is 0.354 e. The standard InChI is InChI=1S/C16H21N3S/c1-11-9-19(10-12(2)20-11)16-14(8-17)7-13-5-3-4-6-15(13)18-16/h3-7,11-12H,8-10,17H2,1-2H3. The van der Waals surface area contributed by atoms with E-state index in [0.717, 1.165) is 30.0 Å². The Morgan fingerprint density at radius 2 is 1.95 bits per heavy atom. The molecule has 106 valence electrons. The van der Waals surface area contributed by atoms with E-state index in [9.17, 15) is 0 Å². The fourth-order valence-corrected chi connectivity index (χ4v) is 4.25. The molecule has 2 unspecified atom stereocenters. The number of rotatable bonds is 2. The summed E-state index contributed by atoms with van der Waals surface area (Å²) in [5.41, 5.74) is 8.15. The maximum Gasteiger partial charge on any atom is 0.133 e. The average Bonchev–Trinajstić information content (AvgIpc) is 2.44. The number of pyridine rings is 1. The zero-order valence-corrected chi connectivity index (χ0v) is 12.9. The third kappa shape index (κ3) is 2.63. The van der Waals surface area contributed by atoms with Gasteiger partial charge in [-0.3, -0.25) is 0 Å². The molecule has 0 radical (unpaired) electrons. The van der Waals surface area contributed by atoms with Gasteiger partial charge in [0.15, 0.2) is 0 Å². The van der Waals surface area contributed by atoms with E-state index in [1.807, 2.05) is 12.1 Å². The average molecular weight is 287 g/mol. The third-order valence-corrected chi connectivity index (χ3v) is 4.95. The number of para-hydroxylation sites is 1. The molecule has 2 N–H and O–H groups in total. The van der Waals surface area contributed by atoms with Crippen LogP contribution in [0, 0.1) is 0 Å². The van der Waals surface area contributed by atoms with Crippen LogP contribution in [-0.4, -0.2) is 28.6 Å². The molecule has 2 atom stereocenters. The minimum Gasteiger partial charge on any atom is -0.354 e. The van der Waals surface area contributed by atoms with E-state index in [4.69, 9.17) is 10.7 Å². The molecule has 1 aliphatic rings. The molecule has 4 heteroatoms. The molecule has 1 fully saturated rings. The van der Waals surface area contributed by atoms with Crippen LogP contribution >= 0.6 is 11.8 Å². The molecule has 1 aromatic carbocycles. The highest BCUT2D eigenvalue weighted by molar-refractivity contribution is 8.00. The van der Waals surface area contributed by atoms with Gasteiger partial charge < -0.3 is 10.6 Å². The van der Waals surface area contributed by atoms with Gasteiger partial charge in [0.05, 0.1) is 5.52 Å². The number of nitrogens with zero attached hydrogens (tertiary/aromatic N) is 2. The van der Waals surface area contributed by atoms with Crippen molar-refractivity contribution in [1.29, 1.82) is 0 Å². The first-order chi connectivity index (χ1) is 9.67. The minimum absolute atomic E-state index is 0.541. The lowest BCUT2D eigenvalue weighted by Gasteiger charge is -2.36. The van der Waals surface area contributed by atoms with Crippen LogP contribution in [0.1, 0.15) is 19.4 Å². The molecule has 20 heavy (non-hydrogen) atoms. The molecule has 1 saturated heterocycles. The van der Waals surface area contributed by atoms with Crippen molar-refractivity contribution in [1.82, 2.24) is 4.98 Å². The smallest absolute Gasteiger partial charge is 0.133 e. The van der Waals surface area contributed by atoms with Crippen LogP contribution in [-0.2, 0) is 6.54 Å². The zero-order valence-electron chi connectivity index (χ0n) is 12.0. The normalized spacial score (nSPS) is 23.2. The number of hydrogen-bond acceptors (Lipinski definition) is 4. The van der Waals surface area contributed by atoms with E-state index in [1.165, 1.54) is 5.39 Å². The zero-order chi connectivity index (χ0) is 14.1. The quantitative estimate of drug-likeness (QED) is 0.922. The van der Waals surface area contributed by atoms with Crippen molar-refractivity contribution in [3.05, 3.63) is 35.9 Å². The molecular weight excluding hydrogens is 266 g/mol. The van der Waals surface area contributed by atoms with Gasteiger partial charge in [0.1, 0.15) is 5.82 Å². The van der Waals surface area contributed by atoms with Crippen LogP contribution in [0.15, 0.2) is 30.3 Å². The fourth-order valence-electron chi connectivity index (χ4n) is 2.92. The van der Waals surface area contributed by atoms with Crippen molar-refractivity contribution in [2.24, 2.45) is 5.73 Å². The summed E-state index contributed by atoms with van der Waals surface area (Å²) in [5.74, 6) is 1.07. The van der Waals surface area contributed by atoms with E-state index < -0.39 is 0 Å². The van der Waals surface area contributed by atoms with Gasteiger partial charge in [-0.2, -0.15) is 11.8 Å². The number of benzene rings is 1. The second-order valence-electron chi connectivity index (χ2n) is 5.53. The van der Waals surface area contributed by atoms with E-state index in [2.05, 4.69) is 48.7 Å². The van der Waals surface area contributed by atoms with Crippen LogP contribution in [0.2, 0.25) is 0 Å². The molecule has 0 spiro atoms. The summed E-state index contributed by atoms with van der Waals surface area (Å²) < 4.78 is 0. The van der Waals surface area contributed by atoms with Crippen molar-refractivity contribution in [2.75, 3.05) is 18.0 Å². The van der Waals surface area contributed by atoms with Gasteiger partial charge in [0, 0.05) is 41.1 Å². The first kappa shape index (κ1) is 13.7. The molecule has 2 heterocycles. The topological polar surface area (TPSA) is 42.2 Å². The Morgan fingerprint density at radius 3 is 2.65 bits per heavy atom. The monoisotopic (exact) mass is 287 g/mol. The number of hydrogen-bond donors (Lipinski definition) is 1. The third-order valence-electron chi connectivity index (χ3n) is 3.72. The number of fused-ring (bicyclic) bond motifs is 1. The van der Waals surface area contributed by atoms with Crippen LogP contribution < -0.4 is 10.6 Å². The van der Waals surface area contributed by atoms with E-state index in [1.54, 1.807) is 0 Å². The Morgan fingerprint density at radius 1 is 1.25 bits per heavy atom. The van der Waals surface area contributed by atoms with Crippen molar-refractivity contribution in [3.8, 4) is 0 Å². The molecule has 0 amide bonds. The highest BCUT2D eigenvalue weighted by atomic mass is 32.2. The van der Waals surface area contributed by atoms with Crippen LogP contribution in [0.5, 0.6) is 0 Å². The van der Waals surface area contributed by atoms with Gasteiger partial charge in [-0.25, -0.2) is 4.98 Å². The van der Waals surface area contributed by atoms with Crippen molar-refractivity contribution in [2.45, 2.75) is 30.9 Å². The molecule has 0 bridgehead atoms. The number of aromatic nitrogens is 1. The number of anilines is 1. The first-order valence-corrected chi connectivity index (χ1v) is 8.11. The molecular formula is C16H21N3S. The first-order valence-electron chi connectivity index (χ1n) is 7.16. The summed E-state index contributed by atoms with van der Waals surface area (Å²) in [6.07, 6.45) is 0. The highest BCUT2D eigenvalue weighted by Crippen LogP contribution is 2.30. The van der Waals surface area contributed by atoms with Gasteiger partial charge >= 0.3 is 0 Å². The lowest BCUT2D eigenvalue weighted by Crippen LogP contribution is -2.41. The maximum absolute atomic E-state index is 5.95. The lowest BCUT2D eigenvalue weighted by atomic mass is 10.1. The molecule has 0 saturated carbocycles. The molecule has 1 aromatic heterocycles. The predicted molar refractivity (Wildman–Crippen MR) is 88.4 cm³/mol. The fraction of sp³-hybridized carbons (Fsp3) is 0.438. The summed E-state index contributed by atoms with van der Waals surface area (Å²) in [6, 6.07) is 10.5. The number of thioether (sulfide) groups is 1. The second-order valence-corrected chi connectivity index (χ2v) is 7.41. The van der Waals surface area contributed by atoms with Gasteiger partial charge in [-0.05, 0) is 12.1 Å². The van der Waals surface area contributed by atoms with E-state index in [-0.39, 0.29) is 0 Å². The van der Waals surface area contributed by atoms with E-state index in [0.29, 0.717) is 17.0 Å². The van der Waals surface area contributed by atoms with Gasteiger partial charge in [-0.1, -0.05) is 32.0 Å². The van der Waals surface area contributed by atoms with Crippen LogP contribution in [0.25, 0.3) is 10.9 Å². The summed E-state index contributed by atoms with van der Waals surface area (Å²) in [7, 11) is 0. The van der Waals surface area contributed by atoms with Gasteiger partial charge in [-0.15, -0.1) is 0 Å². The molecule has 3 nitrogen and oxygen atoms in total. The minimum atomic E-state index is 0.541. The highest BCUT2D eigenvalue weighted by Gasteiger charge is 2.24.